The largest absolute Gasteiger partial charge is 0.351 e. The maximum atomic E-state index is 13.7. The molecule has 0 saturated carbocycles. The Morgan fingerprint density at radius 2 is 1.95 bits per heavy atom. The minimum Gasteiger partial charge on any atom is -0.351 e. The molecule has 11 heteroatoms. The molecule has 0 aliphatic rings. The molecule has 0 radical (unpaired) electrons. The molecular weight excluding hydrogens is 312 g/mol. The van der Waals surface area contributed by atoms with Crippen molar-refractivity contribution in [3.05, 3.63) is 39.4 Å². The van der Waals surface area contributed by atoms with Gasteiger partial charge in [0.1, 0.15) is 11.4 Å². The van der Waals surface area contributed by atoms with Crippen LogP contribution in [0.2, 0.25) is 0 Å². The first kappa shape index (κ1) is 16.9. The number of carbonyl (C=O) groups excluding carboxylic acids is 1. The van der Waals surface area contributed by atoms with Crippen molar-refractivity contribution in [1.29, 1.82) is 0 Å². The molecule has 0 aliphatic heterocycles. The van der Waals surface area contributed by atoms with Crippen LogP contribution in [0.25, 0.3) is 0 Å². The van der Waals surface area contributed by atoms with Crippen LogP contribution in [0.3, 0.4) is 0 Å². The lowest BCUT2D eigenvalue weighted by molar-refractivity contribution is -0.387. The van der Waals surface area contributed by atoms with Crippen LogP contribution < -0.4 is 10.0 Å². The molecule has 0 heterocycles. The lowest BCUT2D eigenvalue weighted by Gasteiger charge is -2.07. The highest BCUT2D eigenvalue weighted by Crippen LogP contribution is 2.22. The van der Waals surface area contributed by atoms with Gasteiger partial charge in [-0.15, -0.1) is 0 Å². The topological polar surface area (TPSA) is 118 Å². The fraction of sp³-hybridized carbons (Fsp3) is 0.300. The molecule has 0 saturated heterocycles. The zero-order valence-corrected chi connectivity index (χ0v) is 11.5. The van der Waals surface area contributed by atoms with E-state index < -0.39 is 43.7 Å². The third kappa shape index (κ3) is 4.72. The van der Waals surface area contributed by atoms with Crippen LogP contribution in [-0.2, 0) is 10.0 Å². The zero-order valence-electron chi connectivity index (χ0n) is 10.7. The van der Waals surface area contributed by atoms with E-state index in [9.17, 15) is 32.1 Å². The molecule has 21 heavy (non-hydrogen) atoms. The number of carbonyl (C=O) groups is 1. The van der Waals surface area contributed by atoms with E-state index in [1.165, 1.54) is 0 Å². The summed E-state index contributed by atoms with van der Waals surface area (Å²) in [5.74, 6) is -4.07. The lowest BCUT2D eigenvalue weighted by atomic mass is 10.1. The highest BCUT2D eigenvalue weighted by Gasteiger charge is 2.25. The van der Waals surface area contributed by atoms with Crippen LogP contribution in [0, 0.1) is 21.7 Å². The Labute approximate surface area is 118 Å². The molecule has 0 spiro atoms. The van der Waals surface area contributed by atoms with Crippen LogP contribution >= 0.6 is 0 Å². The first-order valence-corrected chi connectivity index (χ1v) is 7.38. The lowest BCUT2D eigenvalue weighted by Crippen LogP contribution is -2.35. The minimum absolute atomic E-state index is 0.192. The van der Waals surface area contributed by atoms with Gasteiger partial charge in [-0.25, -0.2) is 17.5 Å². The molecule has 1 rings (SSSR count). The molecule has 0 bridgehead atoms. The number of nitrogens with one attached hydrogen (secondary N) is 2. The number of nitro benzene ring substituents is 1. The van der Waals surface area contributed by atoms with E-state index in [1.54, 1.807) is 0 Å². The summed E-state index contributed by atoms with van der Waals surface area (Å²) in [7, 11) is -3.46. The summed E-state index contributed by atoms with van der Waals surface area (Å²) in [5.41, 5.74) is -2.13. The van der Waals surface area contributed by atoms with E-state index in [1.807, 2.05) is 4.72 Å². The third-order valence-corrected chi connectivity index (χ3v) is 3.00. The molecule has 0 atom stereocenters. The van der Waals surface area contributed by atoms with Gasteiger partial charge in [0.25, 0.3) is 5.91 Å². The second-order valence-electron chi connectivity index (χ2n) is 3.94. The van der Waals surface area contributed by atoms with E-state index in [2.05, 4.69) is 5.32 Å². The Kier molecular flexibility index (Phi) is 5.27. The Morgan fingerprint density at radius 3 is 2.48 bits per heavy atom. The quantitative estimate of drug-likeness (QED) is 0.439. The Balaban J connectivity index is 2.83. The van der Waals surface area contributed by atoms with Gasteiger partial charge in [-0.05, 0) is 6.07 Å². The second kappa shape index (κ2) is 6.54. The summed E-state index contributed by atoms with van der Waals surface area (Å²) in [5, 5.41) is 12.6. The van der Waals surface area contributed by atoms with Gasteiger partial charge in [-0.1, -0.05) is 0 Å². The summed E-state index contributed by atoms with van der Waals surface area (Å²) in [6.45, 7) is -0.434. The number of halogens is 2. The molecule has 0 aliphatic carbocycles. The average Bonchev–Trinajstić information content (AvgIpc) is 2.33. The average molecular weight is 323 g/mol. The summed E-state index contributed by atoms with van der Waals surface area (Å²) in [6.07, 6.45) is 0.898. The van der Waals surface area contributed by atoms with Crippen molar-refractivity contribution in [2.24, 2.45) is 0 Å². The van der Waals surface area contributed by atoms with Crippen molar-refractivity contribution in [3.8, 4) is 0 Å². The molecule has 116 valence electrons. The van der Waals surface area contributed by atoms with E-state index in [4.69, 9.17) is 0 Å². The molecule has 0 unspecified atom stereocenters. The number of rotatable bonds is 6. The molecule has 8 nitrogen and oxygen atoms in total. The molecule has 1 aromatic rings. The second-order valence-corrected chi connectivity index (χ2v) is 5.77. The fourth-order valence-electron chi connectivity index (χ4n) is 1.39. The van der Waals surface area contributed by atoms with E-state index in [0.29, 0.717) is 12.1 Å². The minimum atomic E-state index is -3.46. The predicted molar refractivity (Wildman–Crippen MR) is 68.2 cm³/mol. The molecule has 0 fully saturated rings. The van der Waals surface area contributed by atoms with Gasteiger partial charge < -0.3 is 5.32 Å². The highest BCUT2D eigenvalue weighted by molar-refractivity contribution is 7.88. The standard InChI is InChI=1S/C10H11F2N3O5S/c1-21(19,20)14-5-4-13-10(16)8-6(11)2-3-7(9(8)12)15(17)18/h2-3,14H,4-5H2,1H3,(H,13,16). The van der Waals surface area contributed by atoms with Gasteiger partial charge in [-0.3, -0.25) is 14.9 Å². The van der Waals surface area contributed by atoms with Gasteiger partial charge in [-0.2, -0.15) is 4.39 Å². The summed E-state index contributed by atoms with van der Waals surface area (Å²) in [4.78, 5) is 21.0. The van der Waals surface area contributed by atoms with E-state index in [0.717, 1.165) is 6.26 Å². The van der Waals surface area contributed by atoms with Crippen molar-refractivity contribution < 1.29 is 26.9 Å². The van der Waals surface area contributed by atoms with Crippen molar-refractivity contribution in [2.45, 2.75) is 0 Å². The van der Waals surface area contributed by atoms with Gasteiger partial charge in [0.2, 0.25) is 15.8 Å². The maximum Gasteiger partial charge on any atom is 0.305 e. The molecule has 0 aromatic heterocycles. The van der Waals surface area contributed by atoms with Crippen molar-refractivity contribution in [1.82, 2.24) is 10.0 Å². The van der Waals surface area contributed by atoms with Gasteiger partial charge in [0.05, 0.1) is 11.2 Å². The number of amides is 1. The number of benzene rings is 1. The number of nitrogens with zero attached hydrogens (tertiary/aromatic N) is 1. The number of nitro groups is 1. The number of hydrogen-bond donors (Lipinski definition) is 2. The van der Waals surface area contributed by atoms with Crippen LogP contribution in [0.1, 0.15) is 10.4 Å². The van der Waals surface area contributed by atoms with Gasteiger partial charge in [0, 0.05) is 19.2 Å². The van der Waals surface area contributed by atoms with Crippen LogP contribution in [0.15, 0.2) is 12.1 Å². The monoisotopic (exact) mass is 323 g/mol. The van der Waals surface area contributed by atoms with Gasteiger partial charge >= 0.3 is 5.69 Å². The summed E-state index contributed by atoms with van der Waals surface area (Å²) in [6, 6.07) is 1.21. The van der Waals surface area contributed by atoms with Crippen molar-refractivity contribution in [3.63, 3.8) is 0 Å². The third-order valence-electron chi connectivity index (χ3n) is 2.27. The predicted octanol–water partition coefficient (Wildman–Crippen LogP) is 0.152. The van der Waals surface area contributed by atoms with Crippen LogP contribution in [-0.4, -0.2) is 38.6 Å². The van der Waals surface area contributed by atoms with Gasteiger partial charge in [0.15, 0.2) is 0 Å². The summed E-state index contributed by atoms with van der Waals surface area (Å²) >= 11 is 0. The first-order valence-electron chi connectivity index (χ1n) is 5.48. The maximum absolute atomic E-state index is 13.7. The summed E-state index contributed by atoms with van der Waals surface area (Å²) < 4.78 is 50.6. The number of hydrogen-bond acceptors (Lipinski definition) is 5. The fourth-order valence-corrected chi connectivity index (χ4v) is 1.86. The Hall–Kier alpha value is -2.14. The normalized spacial score (nSPS) is 11.2. The van der Waals surface area contributed by atoms with E-state index in [-0.39, 0.29) is 13.1 Å². The Morgan fingerprint density at radius 1 is 1.33 bits per heavy atom. The van der Waals surface area contributed by atoms with E-state index >= 15 is 0 Å². The molecular formula is C10H11F2N3O5S. The van der Waals surface area contributed by atoms with Crippen molar-refractivity contribution in [2.75, 3.05) is 19.3 Å². The molecule has 1 aromatic carbocycles. The van der Waals surface area contributed by atoms with Crippen LogP contribution in [0.5, 0.6) is 0 Å². The first-order chi connectivity index (χ1) is 9.63. The Bertz CT molecular complexity index is 678. The SMILES string of the molecule is CS(=O)(=O)NCCNC(=O)c1c(F)ccc([N+](=O)[O-])c1F. The smallest absolute Gasteiger partial charge is 0.305 e. The van der Waals surface area contributed by atoms with Crippen molar-refractivity contribution >= 4 is 21.6 Å². The molecule has 2 N–H and O–H groups in total. The number of sulfonamides is 1. The van der Waals surface area contributed by atoms with Crippen LogP contribution in [0.4, 0.5) is 14.5 Å². The zero-order chi connectivity index (χ0) is 16.2. The molecule has 1 amide bonds. The highest BCUT2D eigenvalue weighted by atomic mass is 32.2.